The molecule has 1 rings (SSSR count). The van der Waals surface area contributed by atoms with E-state index in [1.807, 2.05) is 5.16 Å². The Balaban J connectivity index is 2.84. The van der Waals surface area contributed by atoms with Gasteiger partial charge in [0, 0.05) is 0 Å². The molecule has 0 saturated carbocycles. The monoisotopic (exact) mass is 128 g/mol. The summed E-state index contributed by atoms with van der Waals surface area (Å²) in [4.78, 5) is 20.0. The van der Waals surface area contributed by atoms with E-state index in [9.17, 15) is 9.59 Å². The van der Waals surface area contributed by atoms with E-state index in [4.69, 9.17) is 0 Å². The van der Waals surface area contributed by atoms with Gasteiger partial charge in [-0.2, -0.15) is 5.16 Å². The van der Waals surface area contributed by atoms with E-state index in [-0.39, 0.29) is 11.4 Å². The standard InChI is InChI=1S/C4H4N2O3/c7-2-5-4-1-3(8)6-9-4/h1-2H,(H,5,7)(H,6,8). The van der Waals surface area contributed by atoms with Gasteiger partial charge in [0.1, 0.15) is 0 Å². The summed E-state index contributed by atoms with van der Waals surface area (Å²) in [5.41, 5.74) is -0.376. The summed E-state index contributed by atoms with van der Waals surface area (Å²) in [5.74, 6) is 0.120. The van der Waals surface area contributed by atoms with Crippen molar-refractivity contribution < 1.29 is 9.32 Å². The number of carbonyl (C=O) groups excluding carboxylic acids is 1. The molecule has 0 spiro atoms. The Morgan fingerprint density at radius 1 is 1.78 bits per heavy atom. The fraction of sp³-hybridized carbons (Fsp3) is 0. The molecule has 0 aliphatic carbocycles. The molecule has 0 atom stereocenters. The average Bonchev–Trinajstić information content (AvgIpc) is 2.17. The predicted octanol–water partition coefficient (Wildman–Crippen LogP) is -0.464. The Morgan fingerprint density at radius 2 is 2.56 bits per heavy atom. The molecule has 0 aliphatic rings. The molecule has 0 aliphatic heterocycles. The number of aromatic nitrogens is 1. The highest BCUT2D eigenvalue weighted by Crippen LogP contribution is 1.95. The molecule has 0 fully saturated rings. The van der Waals surface area contributed by atoms with Crippen LogP contribution < -0.4 is 10.9 Å². The van der Waals surface area contributed by atoms with Crippen LogP contribution in [0.25, 0.3) is 0 Å². The highest BCUT2D eigenvalue weighted by atomic mass is 16.5. The normalized spacial score (nSPS) is 8.89. The van der Waals surface area contributed by atoms with Gasteiger partial charge in [-0.25, -0.2) is 0 Å². The minimum atomic E-state index is -0.376. The molecule has 5 nitrogen and oxygen atoms in total. The van der Waals surface area contributed by atoms with Gasteiger partial charge in [-0.05, 0) is 0 Å². The molecule has 0 bridgehead atoms. The molecule has 1 heterocycles. The number of amides is 1. The van der Waals surface area contributed by atoms with Crippen LogP contribution >= 0.6 is 0 Å². The van der Waals surface area contributed by atoms with Crippen LogP contribution in [0, 0.1) is 0 Å². The smallest absolute Gasteiger partial charge is 0.282 e. The van der Waals surface area contributed by atoms with Gasteiger partial charge in [0.2, 0.25) is 12.3 Å². The van der Waals surface area contributed by atoms with Crippen molar-refractivity contribution in [3.8, 4) is 0 Å². The summed E-state index contributed by atoms with van der Waals surface area (Å²) in [6, 6.07) is 1.13. The van der Waals surface area contributed by atoms with E-state index in [1.54, 1.807) is 0 Å². The lowest BCUT2D eigenvalue weighted by Gasteiger charge is -1.82. The molecular weight excluding hydrogens is 124 g/mol. The Hall–Kier alpha value is -1.52. The van der Waals surface area contributed by atoms with Crippen LogP contribution in [0.4, 0.5) is 5.88 Å². The lowest BCUT2D eigenvalue weighted by molar-refractivity contribution is -0.105. The van der Waals surface area contributed by atoms with Crippen LogP contribution in [-0.2, 0) is 4.79 Å². The van der Waals surface area contributed by atoms with Crippen LogP contribution in [-0.4, -0.2) is 11.6 Å². The summed E-state index contributed by atoms with van der Waals surface area (Å²) in [5, 5.41) is 4.15. The predicted molar refractivity (Wildman–Crippen MR) is 29.0 cm³/mol. The minimum Gasteiger partial charge on any atom is -0.361 e. The molecular formula is C4H4N2O3. The van der Waals surface area contributed by atoms with E-state index in [0.29, 0.717) is 6.41 Å². The maximum atomic E-state index is 10.3. The molecule has 1 aromatic rings. The number of rotatable bonds is 2. The second-order valence-corrected chi connectivity index (χ2v) is 1.34. The average molecular weight is 128 g/mol. The van der Waals surface area contributed by atoms with Crippen LogP contribution in [0.15, 0.2) is 15.4 Å². The van der Waals surface area contributed by atoms with Crippen molar-refractivity contribution in [1.82, 2.24) is 5.16 Å². The van der Waals surface area contributed by atoms with Crippen molar-refractivity contribution >= 4 is 12.3 Å². The summed E-state index contributed by atoms with van der Waals surface area (Å²) in [6.07, 6.45) is 0.423. The molecule has 5 heteroatoms. The van der Waals surface area contributed by atoms with Crippen LogP contribution in [0.3, 0.4) is 0 Å². The first-order chi connectivity index (χ1) is 4.33. The van der Waals surface area contributed by atoms with Crippen molar-refractivity contribution in [2.24, 2.45) is 0 Å². The van der Waals surface area contributed by atoms with E-state index in [0.717, 1.165) is 6.07 Å². The van der Waals surface area contributed by atoms with Gasteiger partial charge in [-0.15, -0.1) is 0 Å². The molecule has 0 unspecified atom stereocenters. The van der Waals surface area contributed by atoms with Gasteiger partial charge >= 0.3 is 0 Å². The molecule has 0 aromatic carbocycles. The van der Waals surface area contributed by atoms with Gasteiger partial charge in [0.25, 0.3) is 5.56 Å². The van der Waals surface area contributed by atoms with Gasteiger partial charge in [0.15, 0.2) is 0 Å². The molecule has 9 heavy (non-hydrogen) atoms. The number of aromatic amines is 1. The number of H-pyrrole nitrogens is 1. The van der Waals surface area contributed by atoms with Crippen molar-refractivity contribution in [2.45, 2.75) is 0 Å². The maximum Gasteiger partial charge on any atom is 0.282 e. The minimum absolute atomic E-state index is 0.120. The van der Waals surface area contributed by atoms with Crippen molar-refractivity contribution in [1.29, 1.82) is 0 Å². The quantitative estimate of drug-likeness (QED) is 0.529. The number of carbonyl (C=O) groups is 1. The Labute approximate surface area is 49.6 Å². The van der Waals surface area contributed by atoms with Gasteiger partial charge in [-0.1, -0.05) is 0 Å². The summed E-state index contributed by atoms with van der Waals surface area (Å²) < 4.78 is 4.42. The Bertz CT molecular complexity index is 248. The Kier molecular flexibility index (Phi) is 1.35. The number of hydrogen-bond donors (Lipinski definition) is 2. The van der Waals surface area contributed by atoms with E-state index < -0.39 is 0 Å². The molecule has 48 valence electrons. The molecule has 1 aromatic heterocycles. The number of anilines is 1. The molecule has 0 radical (unpaired) electrons. The second-order valence-electron chi connectivity index (χ2n) is 1.34. The first-order valence-electron chi connectivity index (χ1n) is 2.21. The van der Waals surface area contributed by atoms with Gasteiger partial charge in [0.05, 0.1) is 6.07 Å². The molecule has 2 N–H and O–H groups in total. The lowest BCUT2D eigenvalue weighted by atomic mass is 10.6. The van der Waals surface area contributed by atoms with E-state index in [2.05, 4.69) is 9.84 Å². The largest absolute Gasteiger partial charge is 0.361 e. The first-order valence-corrected chi connectivity index (χ1v) is 2.21. The zero-order valence-electron chi connectivity index (χ0n) is 4.38. The zero-order chi connectivity index (χ0) is 6.69. The Morgan fingerprint density at radius 3 is 3.00 bits per heavy atom. The third-order valence-corrected chi connectivity index (χ3v) is 0.725. The summed E-state index contributed by atoms with van der Waals surface area (Å²) >= 11 is 0. The second kappa shape index (κ2) is 2.17. The van der Waals surface area contributed by atoms with Crippen molar-refractivity contribution in [3.05, 3.63) is 16.4 Å². The molecule has 0 saturated heterocycles. The van der Waals surface area contributed by atoms with Crippen LogP contribution in [0.5, 0.6) is 0 Å². The van der Waals surface area contributed by atoms with Gasteiger partial charge < -0.3 is 4.52 Å². The molecule has 1 amide bonds. The van der Waals surface area contributed by atoms with Crippen LogP contribution in [0.2, 0.25) is 0 Å². The third kappa shape index (κ3) is 1.18. The third-order valence-electron chi connectivity index (χ3n) is 0.725. The van der Waals surface area contributed by atoms with Gasteiger partial charge in [-0.3, -0.25) is 14.9 Å². The first kappa shape index (κ1) is 5.61. The number of hydrogen-bond acceptors (Lipinski definition) is 3. The van der Waals surface area contributed by atoms with Crippen LogP contribution in [0.1, 0.15) is 0 Å². The highest BCUT2D eigenvalue weighted by molar-refractivity contribution is 5.67. The zero-order valence-corrected chi connectivity index (χ0v) is 4.38. The fourth-order valence-corrected chi connectivity index (χ4v) is 0.412. The number of nitrogens with one attached hydrogen (secondary N) is 2. The summed E-state index contributed by atoms with van der Waals surface area (Å²) in [7, 11) is 0. The SMILES string of the molecule is O=CNc1cc(=O)[nH]o1. The lowest BCUT2D eigenvalue weighted by Crippen LogP contribution is -1.94. The van der Waals surface area contributed by atoms with E-state index >= 15 is 0 Å². The summed E-state index contributed by atoms with van der Waals surface area (Å²) in [6.45, 7) is 0. The van der Waals surface area contributed by atoms with Crippen molar-refractivity contribution in [3.63, 3.8) is 0 Å². The fourth-order valence-electron chi connectivity index (χ4n) is 0.412. The maximum absolute atomic E-state index is 10.3. The topological polar surface area (TPSA) is 75.1 Å². The highest BCUT2D eigenvalue weighted by Gasteiger charge is 1.93. The van der Waals surface area contributed by atoms with E-state index in [1.165, 1.54) is 0 Å². The van der Waals surface area contributed by atoms with Crippen molar-refractivity contribution in [2.75, 3.05) is 5.32 Å².